The molecule has 0 heterocycles. The lowest BCUT2D eigenvalue weighted by molar-refractivity contribution is -0.148. The zero-order valence-corrected chi connectivity index (χ0v) is 14.3. The molecule has 1 unspecified atom stereocenters. The van der Waals surface area contributed by atoms with Crippen molar-refractivity contribution in [1.82, 2.24) is 10.2 Å². The quantitative estimate of drug-likeness (QED) is 0.816. The van der Waals surface area contributed by atoms with Crippen molar-refractivity contribution in [2.24, 2.45) is 0 Å². The monoisotopic (exact) mass is 292 g/mol. The molecule has 21 heavy (non-hydrogen) atoms. The van der Waals surface area contributed by atoms with Gasteiger partial charge in [-0.15, -0.1) is 0 Å². The molecule has 1 N–H and O–H groups in total. The van der Waals surface area contributed by atoms with Gasteiger partial charge in [-0.25, -0.2) is 4.79 Å². The van der Waals surface area contributed by atoms with Crippen LogP contribution in [-0.4, -0.2) is 45.2 Å². The van der Waals surface area contributed by atoms with Gasteiger partial charge in [0.2, 0.25) is 0 Å². The van der Waals surface area contributed by atoms with E-state index in [0.29, 0.717) is 6.54 Å². The van der Waals surface area contributed by atoms with E-state index in [9.17, 15) is 4.79 Å². The first-order chi connectivity index (χ1) is 9.72. The Labute approximate surface area is 128 Å². The molecule has 0 aliphatic rings. The highest BCUT2D eigenvalue weighted by molar-refractivity contribution is 5.83. The standard InChI is InChI=1S/C17H28N2O2/c1-12-10-13(2)15(14(3)11-12)17(4,16(20)21-7)18-8-9-19(5)6/h10-11,18H,8-9H2,1-7H3. The van der Waals surface area contributed by atoms with Gasteiger partial charge in [0.1, 0.15) is 5.54 Å². The maximum absolute atomic E-state index is 12.4. The third-order valence-corrected chi connectivity index (χ3v) is 3.81. The average Bonchev–Trinajstić information content (AvgIpc) is 2.35. The van der Waals surface area contributed by atoms with Crippen LogP contribution in [0.2, 0.25) is 0 Å². The maximum Gasteiger partial charge on any atom is 0.330 e. The van der Waals surface area contributed by atoms with Crippen LogP contribution in [0, 0.1) is 20.8 Å². The zero-order valence-electron chi connectivity index (χ0n) is 14.3. The van der Waals surface area contributed by atoms with Crippen molar-refractivity contribution in [2.45, 2.75) is 33.2 Å². The fraction of sp³-hybridized carbons (Fsp3) is 0.588. The van der Waals surface area contributed by atoms with Crippen molar-refractivity contribution in [3.05, 3.63) is 34.4 Å². The minimum Gasteiger partial charge on any atom is -0.467 e. The first-order valence-corrected chi connectivity index (χ1v) is 7.29. The number of esters is 1. The SMILES string of the molecule is COC(=O)C(C)(NCCN(C)C)c1c(C)cc(C)cc1C. The van der Waals surface area contributed by atoms with Crippen LogP contribution in [0.25, 0.3) is 0 Å². The number of likely N-dealkylation sites (N-methyl/N-ethyl adjacent to an activating group) is 1. The van der Waals surface area contributed by atoms with E-state index in [1.807, 2.05) is 34.9 Å². The fourth-order valence-electron chi connectivity index (χ4n) is 2.96. The summed E-state index contributed by atoms with van der Waals surface area (Å²) >= 11 is 0. The Hall–Kier alpha value is -1.39. The minimum absolute atomic E-state index is 0.253. The number of hydrogen-bond donors (Lipinski definition) is 1. The van der Waals surface area contributed by atoms with Gasteiger partial charge >= 0.3 is 5.97 Å². The summed E-state index contributed by atoms with van der Waals surface area (Å²) in [6.45, 7) is 9.63. The number of nitrogens with zero attached hydrogens (tertiary/aromatic N) is 1. The Kier molecular flexibility index (Phi) is 5.93. The number of nitrogens with one attached hydrogen (secondary N) is 1. The lowest BCUT2D eigenvalue weighted by Crippen LogP contribution is -2.50. The lowest BCUT2D eigenvalue weighted by atomic mass is 9.84. The number of methoxy groups -OCH3 is 1. The van der Waals surface area contributed by atoms with Crippen molar-refractivity contribution < 1.29 is 9.53 Å². The molecule has 0 radical (unpaired) electrons. The molecule has 0 fully saturated rings. The van der Waals surface area contributed by atoms with Crippen LogP contribution >= 0.6 is 0 Å². The van der Waals surface area contributed by atoms with Gasteiger partial charge in [-0.2, -0.15) is 0 Å². The molecule has 0 spiro atoms. The maximum atomic E-state index is 12.4. The summed E-state index contributed by atoms with van der Waals surface area (Å²) in [5.41, 5.74) is 3.61. The second-order valence-electron chi connectivity index (χ2n) is 6.12. The Morgan fingerprint density at radius 3 is 2.19 bits per heavy atom. The molecule has 0 aromatic heterocycles. The van der Waals surface area contributed by atoms with E-state index in [1.54, 1.807) is 0 Å². The first-order valence-electron chi connectivity index (χ1n) is 7.29. The summed E-state index contributed by atoms with van der Waals surface area (Å²) < 4.78 is 5.05. The van der Waals surface area contributed by atoms with Crippen molar-refractivity contribution in [3.8, 4) is 0 Å². The number of aryl methyl sites for hydroxylation is 3. The summed E-state index contributed by atoms with van der Waals surface area (Å²) in [4.78, 5) is 14.5. The summed E-state index contributed by atoms with van der Waals surface area (Å²) in [5, 5.41) is 3.38. The van der Waals surface area contributed by atoms with Crippen LogP contribution in [0.1, 0.15) is 29.2 Å². The van der Waals surface area contributed by atoms with Gasteiger partial charge in [0.15, 0.2) is 0 Å². The highest BCUT2D eigenvalue weighted by Crippen LogP contribution is 2.29. The van der Waals surface area contributed by atoms with E-state index in [2.05, 4.69) is 29.3 Å². The molecule has 4 heteroatoms. The predicted molar refractivity (Wildman–Crippen MR) is 86.6 cm³/mol. The van der Waals surface area contributed by atoms with Crippen LogP contribution in [0.15, 0.2) is 12.1 Å². The van der Waals surface area contributed by atoms with E-state index < -0.39 is 5.54 Å². The molecule has 1 aromatic carbocycles. The molecule has 0 saturated heterocycles. The number of ether oxygens (including phenoxy) is 1. The highest BCUT2D eigenvalue weighted by Gasteiger charge is 2.38. The van der Waals surface area contributed by atoms with E-state index in [1.165, 1.54) is 12.7 Å². The molecular weight excluding hydrogens is 264 g/mol. The van der Waals surface area contributed by atoms with Crippen LogP contribution in [0.5, 0.6) is 0 Å². The van der Waals surface area contributed by atoms with Gasteiger partial charge < -0.3 is 9.64 Å². The van der Waals surface area contributed by atoms with E-state index in [0.717, 1.165) is 23.2 Å². The molecule has 0 aliphatic heterocycles. The number of carbonyl (C=O) groups is 1. The van der Waals surface area contributed by atoms with Crippen LogP contribution in [0.3, 0.4) is 0 Å². The third kappa shape index (κ3) is 4.05. The van der Waals surface area contributed by atoms with Crippen molar-refractivity contribution >= 4 is 5.97 Å². The summed E-state index contributed by atoms with van der Waals surface area (Å²) in [5.74, 6) is -0.253. The van der Waals surface area contributed by atoms with Crippen LogP contribution < -0.4 is 5.32 Å². The number of benzene rings is 1. The van der Waals surface area contributed by atoms with E-state index in [-0.39, 0.29) is 5.97 Å². The molecule has 1 atom stereocenters. The number of hydrogen-bond acceptors (Lipinski definition) is 4. The molecule has 0 amide bonds. The number of rotatable bonds is 6. The van der Waals surface area contributed by atoms with Crippen LogP contribution in [0.4, 0.5) is 0 Å². The topological polar surface area (TPSA) is 41.6 Å². The van der Waals surface area contributed by atoms with Gasteiger partial charge in [-0.1, -0.05) is 17.7 Å². The second-order valence-corrected chi connectivity index (χ2v) is 6.12. The summed E-state index contributed by atoms with van der Waals surface area (Å²) in [7, 11) is 5.46. The van der Waals surface area contributed by atoms with Gasteiger partial charge in [-0.05, 0) is 58.5 Å². The largest absolute Gasteiger partial charge is 0.467 e. The molecule has 0 aliphatic carbocycles. The highest BCUT2D eigenvalue weighted by atomic mass is 16.5. The molecule has 1 rings (SSSR count). The van der Waals surface area contributed by atoms with Gasteiger partial charge in [0.25, 0.3) is 0 Å². The minimum atomic E-state index is -0.827. The third-order valence-electron chi connectivity index (χ3n) is 3.81. The smallest absolute Gasteiger partial charge is 0.330 e. The van der Waals surface area contributed by atoms with Crippen LogP contribution in [-0.2, 0) is 15.1 Å². The van der Waals surface area contributed by atoms with Crippen molar-refractivity contribution in [1.29, 1.82) is 0 Å². The van der Waals surface area contributed by atoms with Crippen molar-refractivity contribution in [3.63, 3.8) is 0 Å². The first kappa shape index (κ1) is 17.7. The predicted octanol–water partition coefficient (Wildman–Crippen LogP) is 2.15. The normalized spacial score (nSPS) is 14.1. The zero-order chi connectivity index (χ0) is 16.2. The van der Waals surface area contributed by atoms with Gasteiger partial charge in [0, 0.05) is 13.1 Å². The Bertz CT molecular complexity index is 489. The van der Waals surface area contributed by atoms with E-state index in [4.69, 9.17) is 4.74 Å². The summed E-state index contributed by atoms with van der Waals surface area (Å²) in [6.07, 6.45) is 0. The molecule has 1 aromatic rings. The number of carbonyl (C=O) groups excluding carboxylic acids is 1. The Balaban J connectivity index is 3.22. The Morgan fingerprint density at radius 1 is 1.24 bits per heavy atom. The molecular formula is C17H28N2O2. The molecule has 118 valence electrons. The van der Waals surface area contributed by atoms with Crippen molar-refractivity contribution in [2.75, 3.05) is 34.3 Å². The fourth-order valence-corrected chi connectivity index (χ4v) is 2.96. The van der Waals surface area contributed by atoms with Gasteiger partial charge in [0.05, 0.1) is 7.11 Å². The van der Waals surface area contributed by atoms with Gasteiger partial charge in [-0.3, -0.25) is 5.32 Å². The lowest BCUT2D eigenvalue weighted by Gasteiger charge is -2.32. The summed E-state index contributed by atoms with van der Waals surface area (Å²) in [6, 6.07) is 4.22. The second kappa shape index (κ2) is 7.05. The molecule has 0 saturated carbocycles. The molecule has 0 bridgehead atoms. The Morgan fingerprint density at radius 2 is 1.76 bits per heavy atom. The molecule has 4 nitrogen and oxygen atoms in total. The van der Waals surface area contributed by atoms with E-state index >= 15 is 0 Å². The average molecular weight is 292 g/mol.